The number of benzene rings is 2. The Bertz CT molecular complexity index is 1270. The zero-order valence-electron chi connectivity index (χ0n) is 22.7. The van der Waals surface area contributed by atoms with E-state index in [9.17, 15) is 0 Å². The van der Waals surface area contributed by atoms with Crippen LogP contribution in [0.5, 0.6) is 0 Å². The minimum absolute atomic E-state index is 0.143. The smallest absolute Gasteiger partial charge is 0.157 e. The lowest BCUT2D eigenvalue weighted by molar-refractivity contribution is 0.302. The average molecular weight is 484 g/mol. The van der Waals surface area contributed by atoms with Gasteiger partial charge in [0.05, 0.1) is 5.52 Å². The number of aryl methyl sites for hydroxylation is 1. The van der Waals surface area contributed by atoms with Crippen molar-refractivity contribution in [1.82, 2.24) is 14.5 Å². The van der Waals surface area contributed by atoms with Crippen molar-refractivity contribution in [3.05, 3.63) is 78.1 Å². The molecule has 0 fully saturated rings. The van der Waals surface area contributed by atoms with Crippen molar-refractivity contribution in [2.24, 2.45) is 5.41 Å². The molecule has 2 N–H and O–H groups in total. The normalized spacial score (nSPS) is 12.2. The third kappa shape index (κ3) is 6.66. The summed E-state index contributed by atoms with van der Waals surface area (Å²) in [5, 5.41) is 7.30. The maximum absolute atomic E-state index is 5.19. The van der Waals surface area contributed by atoms with Crippen molar-refractivity contribution < 1.29 is 0 Å². The molecule has 4 rings (SSSR count). The van der Waals surface area contributed by atoms with Gasteiger partial charge in [-0.1, -0.05) is 82.6 Å². The van der Waals surface area contributed by atoms with E-state index in [1.807, 2.05) is 18.2 Å². The molecule has 4 aromatic rings. The standard InChI is InChI=1S/C31H41N5/c1-7-8-19-27-34-28-25(36(27)21-23-15-11-9-12-16-23)20-26(32-24-17-13-10-14-18-24)33-29(28)35-31(5,6)22-30(2,3)4/h9-18,20H,7-8,19,21-22H2,1-6H3,(H2,32,33,35). The topological polar surface area (TPSA) is 54.8 Å². The van der Waals surface area contributed by atoms with Gasteiger partial charge in [-0.2, -0.15) is 0 Å². The second kappa shape index (κ2) is 10.7. The molecule has 0 saturated carbocycles. The zero-order chi connectivity index (χ0) is 25.8. The molecule has 0 spiro atoms. The molecule has 2 heterocycles. The Hall–Kier alpha value is -3.34. The molecule has 0 bridgehead atoms. The minimum Gasteiger partial charge on any atom is -0.363 e. The summed E-state index contributed by atoms with van der Waals surface area (Å²) >= 11 is 0. The van der Waals surface area contributed by atoms with Crippen LogP contribution in [0.15, 0.2) is 66.7 Å². The van der Waals surface area contributed by atoms with Crippen molar-refractivity contribution in [2.75, 3.05) is 10.6 Å². The fraction of sp³-hybridized carbons (Fsp3) is 0.419. The number of hydrogen-bond donors (Lipinski definition) is 2. The Balaban J connectivity index is 1.84. The summed E-state index contributed by atoms with van der Waals surface area (Å²) in [6.45, 7) is 14.4. The van der Waals surface area contributed by atoms with Crippen molar-refractivity contribution in [2.45, 2.75) is 79.3 Å². The van der Waals surface area contributed by atoms with Crippen molar-refractivity contribution in [3.8, 4) is 0 Å². The molecule has 0 amide bonds. The highest BCUT2D eigenvalue weighted by Crippen LogP contribution is 2.34. The number of imidazole rings is 1. The van der Waals surface area contributed by atoms with Gasteiger partial charge in [0.1, 0.15) is 17.2 Å². The predicted molar refractivity (Wildman–Crippen MR) is 153 cm³/mol. The zero-order valence-corrected chi connectivity index (χ0v) is 22.7. The number of para-hydroxylation sites is 1. The largest absolute Gasteiger partial charge is 0.363 e. The van der Waals surface area contributed by atoms with E-state index in [0.717, 1.165) is 66.4 Å². The predicted octanol–water partition coefficient (Wildman–Crippen LogP) is 8.19. The minimum atomic E-state index is -0.143. The molecule has 0 saturated heterocycles. The maximum Gasteiger partial charge on any atom is 0.157 e. The highest BCUT2D eigenvalue weighted by molar-refractivity contribution is 5.90. The lowest BCUT2D eigenvalue weighted by Gasteiger charge is -2.34. The Morgan fingerprint density at radius 2 is 1.53 bits per heavy atom. The summed E-state index contributed by atoms with van der Waals surface area (Å²) in [5.41, 5.74) is 4.38. The van der Waals surface area contributed by atoms with Gasteiger partial charge in [-0.25, -0.2) is 9.97 Å². The molecule has 2 aromatic heterocycles. The van der Waals surface area contributed by atoms with E-state index in [-0.39, 0.29) is 11.0 Å². The Morgan fingerprint density at radius 1 is 0.861 bits per heavy atom. The van der Waals surface area contributed by atoms with Crippen LogP contribution >= 0.6 is 0 Å². The fourth-order valence-corrected chi connectivity index (χ4v) is 5.15. The molecule has 5 nitrogen and oxygen atoms in total. The summed E-state index contributed by atoms with van der Waals surface area (Å²) in [5.74, 6) is 2.77. The number of anilines is 3. The molecular formula is C31H41N5. The highest BCUT2D eigenvalue weighted by Gasteiger charge is 2.27. The number of rotatable bonds is 10. The van der Waals surface area contributed by atoms with Crippen LogP contribution in [0.25, 0.3) is 11.0 Å². The molecule has 0 aliphatic heterocycles. The SMILES string of the molecule is CCCCc1nc2c(NC(C)(C)CC(C)(C)C)nc(Nc3ccccc3)cc2n1Cc1ccccc1. The summed E-state index contributed by atoms with van der Waals surface area (Å²) in [6.07, 6.45) is 4.20. The fourth-order valence-electron chi connectivity index (χ4n) is 5.15. The number of nitrogens with zero attached hydrogens (tertiary/aromatic N) is 3. The van der Waals surface area contributed by atoms with E-state index in [4.69, 9.17) is 9.97 Å². The first-order valence-electron chi connectivity index (χ1n) is 13.2. The van der Waals surface area contributed by atoms with Crippen LogP contribution in [-0.2, 0) is 13.0 Å². The molecule has 36 heavy (non-hydrogen) atoms. The summed E-state index contributed by atoms with van der Waals surface area (Å²) < 4.78 is 2.38. The monoisotopic (exact) mass is 483 g/mol. The summed E-state index contributed by atoms with van der Waals surface area (Å²) in [4.78, 5) is 10.2. The molecule has 0 aliphatic rings. The molecule has 5 heteroatoms. The molecule has 0 unspecified atom stereocenters. The van der Waals surface area contributed by atoms with Crippen LogP contribution < -0.4 is 10.6 Å². The number of nitrogens with one attached hydrogen (secondary N) is 2. The molecule has 0 radical (unpaired) electrons. The van der Waals surface area contributed by atoms with Gasteiger partial charge in [-0.05, 0) is 49.8 Å². The third-order valence-electron chi connectivity index (χ3n) is 6.23. The van der Waals surface area contributed by atoms with Crippen LogP contribution in [0.1, 0.15) is 72.2 Å². The lowest BCUT2D eigenvalue weighted by Crippen LogP contribution is -2.35. The van der Waals surface area contributed by atoms with Gasteiger partial charge in [0, 0.05) is 30.3 Å². The number of pyridine rings is 1. The molecule has 190 valence electrons. The van der Waals surface area contributed by atoms with Crippen LogP contribution in [0.4, 0.5) is 17.3 Å². The van der Waals surface area contributed by atoms with Gasteiger partial charge in [0.25, 0.3) is 0 Å². The quantitative estimate of drug-likeness (QED) is 0.239. The number of hydrogen-bond acceptors (Lipinski definition) is 4. The average Bonchev–Trinajstić information content (AvgIpc) is 3.14. The van der Waals surface area contributed by atoms with Crippen LogP contribution in [0.2, 0.25) is 0 Å². The highest BCUT2D eigenvalue weighted by atomic mass is 15.2. The first-order valence-corrected chi connectivity index (χ1v) is 13.2. The van der Waals surface area contributed by atoms with E-state index in [1.54, 1.807) is 0 Å². The first kappa shape index (κ1) is 25.7. The van der Waals surface area contributed by atoms with E-state index < -0.39 is 0 Å². The number of fused-ring (bicyclic) bond motifs is 1. The molecule has 0 aliphatic carbocycles. The van der Waals surface area contributed by atoms with E-state index in [0.29, 0.717) is 0 Å². The van der Waals surface area contributed by atoms with Crippen LogP contribution in [0, 0.1) is 5.41 Å². The second-order valence-electron chi connectivity index (χ2n) is 11.7. The Labute approximate surface area is 216 Å². The lowest BCUT2D eigenvalue weighted by atomic mass is 9.82. The first-order chi connectivity index (χ1) is 17.1. The van der Waals surface area contributed by atoms with E-state index >= 15 is 0 Å². The van der Waals surface area contributed by atoms with Crippen molar-refractivity contribution in [3.63, 3.8) is 0 Å². The molecular weight excluding hydrogens is 442 g/mol. The van der Waals surface area contributed by atoms with Crippen LogP contribution in [0.3, 0.4) is 0 Å². The number of aromatic nitrogens is 3. The van der Waals surface area contributed by atoms with Gasteiger partial charge in [0.2, 0.25) is 0 Å². The Morgan fingerprint density at radius 3 is 2.17 bits per heavy atom. The van der Waals surface area contributed by atoms with Gasteiger partial charge in [0.15, 0.2) is 5.82 Å². The third-order valence-corrected chi connectivity index (χ3v) is 6.23. The number of unbranched alkanes of at least 4 members (excludes halogenated alkanes) is 1. The summed E-state index contributed by atoms with van der Waals surface area (Å²) in [6, 6.07) is 23.0. The van der Waals surface area contributed by atoms with Crippen LogP contribution in [-0.4, -0.2) is 20.1 Å². The van der Waals surface area contributed by atoms with Crippen molar-refractivity contribution in [1.29, 1.82) is 0 Å². The van der Waals surface area contributed by atoms with Gasteiger partial charge in [-0.15, -0.1) is 0 Å². The van der Waals surface area contributed by atoms with Gasteiger partial charge >= 0.3 is 0 Å². The second-order valence-corrected chi connectivity index (χ2v) is 11.7. The maximum atomic E-state index is 5.19. The van der Waals surface area contributed by atoms with Gasteiger partial charge < -0.3 is 15.2 Å². The van der Waals surface area contributed by atoms with Crippen molar-refractivity contribution >= 4 is 28.4 Å². The summed E-state index contributed by atoms with van der Waals surface area (Å²) in [7, 11) is 0. The Kier molecular flexibility index (Phi) is 7.67. The molecule has 0 atom stereocenters. The van der Waals surface area contributed by atoms with Gasteiger partial charge in [-0.3, -0.25) is 0 Å². The van der Waals surface area contributed by atoms with E-state index in [1.165, 1.54) is 5.56 Å². The van der Waals surface area contributed by atoms with E-state index in [2.05, 4.69) is 105 Å². The molecule has 2 aromatic carbocycles.